The van der Waals surface area contributed by atoms with Gasteiger partial charge in [0.25, 0.3) is 0 Å². The minimum Gasteiger partial charge on any atom is -0.325 e. The third-order valence-corrected chi connectivity index (χ3v) is 7.04. The maximum Gasteiger partial charge on any atom is 0.417 e. The minimum absolute atomic E-state index is 0.0497. The van der Waals surface area contributed by atoms with E-state index in [1.807, 2.05) is 13.8 Å². The Morgan fingerprint density at radius 2 is 1.78 bits per heavy atom. The number of nitrogens with one attached hydrogen (secondary N) is 1. The van der Waals surface area contributed by atoms with Crippen LogP contribution < -0.4 is 5.32 Å². The third kappa shape index (κ3) is 6.84. The van der Waals surface area contributed by atoms with E-state index in [0.29, 0.717) is 28.8 Å². The van der Waals surface area contributed by atoms with Gasteiger partial charge in [0.2, 0.25) is 15.9 Å². The number of sulfonamides is 1. The largest absolute Gasteiger partial charge is 0.417 e. The molecule has 2 aromatic carbocycles. The zero-order valence-corrected chi connectivity index (χ0v) is 20.0. The van der Waals surface area contributed by atoms with Crippen LogP contribution in [-0.2, 0) is 21.0 Å². The van der Waals surface area contributed by atoms with Gasteiger partial charge in [-0.25, -0.2) is 8.42 Å². The molecule has 176 valence electrons. The molecule has 0 saturated heterocycles. The van der Waals surface area contributed by atoms with Crippen molar-refractivity contribution in [2.24, 2.45) is 5.92 Å². The quantitative estimate of drug-likeness (QED) is 0.473. The highest BCUT2D eigenvalue weighted by Gasteiger charge is 2.36. The van der Waals surface area contributed by atoms with Gasteiger partial charge in [0.05, 0.1) is 22.0 Å². The number of alkyl halides is 3. The molecular weight excluding hydrogens is 488 g/mol. The van der Waals surface area contributed by atoms with Crippen LogP contribution in [0.5, 0.6) is 0 Å². The molecule has 0 aliphatic carbocycles. The standard InChI is InChI=1S/C21H23Cl2F3N2O3S/c1-13(2)8-9-28(12-20(29)27-19-10-15(22)5-4-14(19)3)32(30,31)16-6-7-18(23)17(11-16)21(24,25)26/h4-7,10-11,13H,8-9,12H2,1-3H3,(H,27,29). The number of rotatable bonds is 8. The van der Waals surface area contributed by atoms with E-state index in [0.717, 1.165) is 16.4 Å². The van der Waals surface area contributed by atoms with E-state index in [9.17, 15) is 26.4 Å². The summed E-state index contributed by atoms with van der Waals surface area (Å²) in [5, 5.41) is 2.38. The molecule has 0 radical (unpaired) electrons. The van der Waals surface area contributed by atoms with Crippen LogP contribution in [-0.4, -0.2) is 31.7 Å². The van der Waals surface area contributed by atoms with Crippen LogP contribution in [0.15, 0.2) is 41.3 Å². The predicted octanol–water partition coefficient (Wildman–Crippen LogP) is 6.00. The molecular formula is C21H23Cl2F3N2O3S. The second-order valence-corrected chi connectivity index (χ2v) is 10.4. The Labute approximate surface area is 195 Å². The highest BCUT2D eigenvalue weighted by atomic mass is 35.5. The van der Waals surface area contributed by atoms with E-state index in [1.165, 1.54) is 6.07 Å². The zero-order chi connectivity index (χ0) is 24.3. The molecule has 2 aromatic rings. The van der Waals surface area contributed by atoms with Crippen LogP contribution in [0.1, 0.15) is 31.4 Å². The molecule has 0 fully saturated rings. The number of benzene rings is 2. The summed E-state index contributed by atoms with van der Waals surface area (Å²) < 4.78 is 66.9. The van der Waals surface area contributed by atoms with Crippen LogP contribution >= 0.6 is 23.2 Å². The Balaban J connectivity index is 2.36. The molecule has 11 heteroatoms. The molecule has 0 bridgehead atoms. The fourth-order valence-corrected chi connectivity index (χ4v) is 4.63. The second-order valence-electron chi connectivity index (χ2n) is 7.67. The van der Waals surface area contributed by atoms with E-state index in [1.54, 1.807) is 19.1 Å². The molecule has 0 atom stereocenters. The summed E-state index contributed by atoms with van der Waals surface area (Å²) in [6.07, 6.45) is -4.42. The van der Waals surface area contributed by atoms with Gasteiger partial charge >= 0.3 is 6.18 Å². The molecule has 1 N–H and O–H groups in total. The Hall–Kier alpha value is -1.81. The number of carbonyl (C=O) groups excluding carboxylic acids is 1. The van der Waals surface area contributed by atoms with E-state index in [2.05, 4.69) is 5.32 Å². The number of nitrogens with zero attached hydrogens (tertiary/aromatic N) is 1. The molecule has 0 saturated carbocycles. The van der Waals surface area contributed by atoms with Crippen LogP contribution in [0.3, 0.4) is 0 Å². The molecule has 0 heterocycles. The van der Waals surface area contributed by atoms with Crippen molar-refractivity contribution >= 4 is 44.8 Å². The summed E-state index contributed by atoms with van der Waals surface area (Å²) >= 11 is 11.6. The van der Waals surface area contributed by atoms with Gasteiger partial charge in [0.15, 0.2) is 0 Å². The second kappa shape index (κ2) is 10.4. The number of anilines is 1. The van der Waals surface area contributed by atoms with Gasteiger partial charge in [-0.3, -0.25) is 4.79 Å². The van der Waals surface area contributed by atoms with Crippen molar-refractivity contribution in [3.05, 3.63) is 57.6 Å². The van der Waals surface area contributed by atoms with E-state index >= 15 is 0 Å². The minimum atomic E-state index is -4.83. The van der Waals surface area contributed by atoms with Crippen molar-refractivity contribution in [3.63, 3.8) is 0 Å². The molecule has 0 aliphatic heterocycles. The van der Waals surface area contributed by atoms with Gasteiger partial charge in [0, 0.05) is 17.3 Å². The Bertz CT molecular complexity index is 1090. The molecule has 2 rings (SSSR count). The smallest absolute Gasteiger partial charge is 0.325 e. The fourth-order valence-electron chi connectivity index (χ4n) is 2.80. The van der Waals surface area contributed by atoms with Crippen molar-refractivity contribution in [2.75, 3.05) is 18.4 Å². The average molecular weight is 511 g/mol. The lowest BCUT2D eigenvalue weighted by molar-refractivity contribution is -0.137. The Morgan fingerprint density at radius 3 is 2.38 bits per heavy atom. The van der Waals surface area contributed by atoms with Crippen molar-refractivity contribution in [3.8, 4) is 0 Å². The Kier molecular flexibility index (Phi) is 8.61. The van der Waals surface area contributed by atoms with Crippen molar-refractivity contribution in [1.82, 2.24) is 4.31 Å². The van der Waals surface area contributed by atoms with Gasteiger partial charge in [-0.1, -0.05) is 43.1 Å². The predicted molar refractivity (Wildman–Crippen MR) is 119 cm³/mol. The van der Waals surface area contributed by atoms with Crippen molar-refractivity contribution < 1.29 is 26.4 Å². The normalized spacial score (nSPS) is 12.4. The summed E-state index contributed by atoms with van der Waals surface area (Å²) in [4.78, 5) is 12.0. The zero-order valence-electron chi connectivity index (χ0n) is 17.6. The van der Waals surface area contributed by atoms with E-state index in [-0.39, 0.29) is 12.5 Å². The van der Waals surface area contributed by atoms with Gasteiger partial charge in [0.1, 0.15) is 0 Å². The maximum atomic E-state index is 13.2. The molecule has 0 aliphatic rings. The first-order valence-electron chi connectivity index (χ1n) is 9.64. The third-order valence-electron chi connectivity index (χ3n) is 4.63. The Morgan fingerprint density at radius 1 is 1.12 bits per heavy atom. The van der Waals surface area contributed by atoms with Crippen LogP contribution in [0.2, 0.25) is 10.0 Å². The number of aryl methyl sites for hydroxylation is 1. The van der Waals surface area contributed by atoms with Crippen LogP contribution in [0, 0.1) is 12.8 Å². The van der Waals surface area contributed by atoms with E-state index < -0.39 is 44.1 Å². The van der Waals surface area contributed by atoms with Crippen molar-refractivity contribution in [1.29, 1.82) is 0 Å². The molecule has 32 heavy (non-hydrogen) atoms. The maximum absolute atomic E-state index is 13.2. The molecule has 0 unspecified atom stereocenters. The lowest BCUT2D eigenvalue weighted by Gasteiger charge is -2.23. The summed E-state index contributed by atoms with van der Waals surface area (Å²) in [5.41, 5.74) is -0.135. The number of hydrogen-bond acceptors (Lipinski definition) is 3. The molecule has 0 spiro atoms. The number of carbonyl (C=O) groups is 1. The van der Waals surface area contributed by atoms with Gasteiger partial charge in [-0.15, -0.1) is 0 Å². The lowest BCUT2D eigenvalue weighted by atomic mass is 10.1. The van der Waals surface area contributed by atoms with Crippen molar-refractivity contribution in [2.45, 2.75) is 38.3 Å². The summed E-state index contributed by atoms with van der Waals surface area (Å²) in [6.45, 7) is 4.84. The number of hydrogen-bond donors (Lipinski definition) is 1. The van der Waals surface area contributed by atoms with Crippen LogP contribution in [0.4, 0.5) is 18.9 Å². The highest BCUT2D eigenvalue weighted by Crippen LogP contribution is 2.36. The fraction of sp³-hybridized carbons (Fsp3) is 0.381. The first kappa shape index (κ1) is 26.4. The topological polar surface area (TPSA) is 66.5 Å². The van der Waals surface area contributed by atoms with Gasteiger partial charge < -0.3 is 5.32 Å². The van der Waals surface area contributed by atoms with Gasteiger partial charge in [-0.05, 0) is 55.2 Å². The number of halogens is 5. The SMILES string of the molecule is Cc1ccc(Cl)cc1NC(=O)CN(CCC(C)C)S(=O)(=O)c1ccc(Cl)c(C(F)(F)F)c1. The highest BCUT2D eigenvalue weighted by molar-refractivity contribution is 7.89. The summed E-state index contributed by atoms with van der Waals surface area (Å²) in [6, 6.07) is 7.22. The van der Waals surface area contributed by atoms with E-state index in [4.69, 9.17) is 23.2 Å². The molecule has 1 amide bonds. The average Bonchev–Trinajstić information content (AvgIpc) is 2.67. The van der Waals surface area contributed by atoms with Gasteiger partial charge in [-0.2, -0.15) is 17.5 Å². The first-order chi connectivity index (χ1) is 14.7. The molecule has 5 nitrogen and oxygen atoms in total. The van der Waals surface area contributed by atoms with Crippen LogP contribution in [0.25, 0.3) is 0 Å². The summed E-state index contributed by atoms with van der Waals surface area (Å²) in [5.74, 6) is -0.547. The molecule has 0 aromatic heterocycles. The first-order valence-corrected chi connectivity index (χ1v) is 11.8. The monoisotopic (exact) mass is 510 g/mol. The lowest BCUT2D eigenvalue weighted by Crippen LogP contribution is -2.39. The number of amides is 1. The summed E-state index contributed by atoms with van der Waals surface area (Å²) in [7, 11) is -4.41.